The molecule has 32 heavy (non-hydrogen) atoms. The van der Waals surface area contributed by atoms with Crippen molar-refractivity contribution in [3.05, 3.63) is 103 Å². The summed E-state index contributed by atoms with van der Waals surface area (Å²) in [5.41, 5.74) is 2.95. The van der Waals surface area contributed by atoms with Crippen LogP contribution in [0.25, 0.3) is 11.6 Å². The first-order chi connectivity index (χ1) is 15.2. The van der Waals surface area contributed by atoms with Crippen LogP contribution >= 0.6 is 11.6 Å². The number of benzene rings is 2. The van der Waals surface area contributed by atoms with Crippen LogP contribution < -0.4 is 5.32 Å². The van der Waals surface area contributed by atoms with Crippen LogP contribution in [0.1, 0.15) is 39.6 Å². The van der Waals surface area contributed by atoms with Gasteiger partial charge in [0.25, 0.3) is 5.69 Å². The second-order valence-electron chi connectivity index (χ2n) is 7.42. The van der Waals surface area contributed by atoms with Crippen LogP contribution in [0.2, 0.25) is 5.02 Å². The van der Waals surface area contributed by atoms with Gasteiger partial charge in [0.05, 0.1) is 27.2 Å². The molecule has 0 bridgehead atoms. The molecule has 1 N–H and O–H groups in total. The van der Waals surface area contributed by atoms with Crippen molar-refractivity contribution in [1.29, 1.82) is 0 Å². The van der Waals surface area contributed by atoms with E-state index in [9.17, 15) is 23.3 Å². The molecule has 0 saturated heterocycles. The molecule has 1 aromatic heterocycles. The van der Waals surface area contributed by atoms with Crippen molar-refractivity contribution in [1.82, 2.24) is 10.3 Å². The summed E-state index contributed by atoms with van der Waals surface area (Å²) >= 11 is 6.21. The van der Waals surface area contributed by atoms with Crippen molar-refractivity contribution in [2.45, 2.75) is 25.7 Å². The summed E-state index contributed by atoms with van der Waals surface area (Å²) in [4.78, 5) is 15.0. The van der Waals surface area contributed by atoms with Gasteiger partial charge in [-0.05, 0) is 35.8 Å². The Morgan fingerprint density at radius 1 is 1.19 bits per heavy atom. The number of aromatic nitrogens is 1. The van der Waals surface area contributed by atoms with Crippen LogP contribution in [0.3, 0.4) is 0 Å². The summed E-state index contributed by atoms with van der Waals surface area (Å²) < 4.78 is 39.1. The summed E-state index contributed by atoms with van der Waals surface area (Å²) in [5, 5.41) is 14.7. The molecule has 0 amide bonds. The number of hydrogen-bond acceptors (Lipinski definition) is 4. The van der Waals surface area contributed by atoms with Crippen LogP contribution in [0.5, 0.6) is 0 Å². The molecule has 0 spiro atoms. The molecule has 1 aliphatic rings. The van der Waals surface area contributed by atoms with Gasteiger partial charge in [0, 0.05) is 29.9 Å². The molecular weight excluding hydrogens is 443 g/mol. The van der Waals surface area contributed by atoms with Gasteiger partial charge >= 0.3 is 6.18 Å². The molecule has 0 aliphatic heterocycles. The zero-order valence-electron chi connectivity index (χ0n) is 16.8. The third-order valence-corrected chi connectivity index (χ3v) is 5.72. The number of pyridine rings is 1. The molecule has 1 unspecified atom stereocenters. The maximum absolute atomic E-state index is 13.0. The Kier molecular flexibility index (Phi) is 5.75. The fourth-order valence-electron chi connectivity index (χ4n) is 3.85. The Morgan fingerprint density at radius 3 is 2.62 bits per heavy atom. The summed E-state index contributed by atoms with van der Waals surface area (Å²) in [6.45, 7) is 1.97. The molecule has 0 saturated carbocycles. The van der Waals surface area contributed by atoms with Crippen LogP contribution in [0.15, 0.2) is 54.7 Å². The van der Waals surface area contributed by atoms with Gasteiger partial charge in [0.2, 0.25) is 0 Å². The van der Waals surface area contributed by atoms with Crippen molar-refractivity contribution in [3.8, 4) is 0 Å². The van der Waals surface area contributed by atoms with E-state index >= 15 is 0 Å². The van der Waals surface area contributed by atoms with Gasteiger partial charge in [0.1, 0.15) is 0 Å². The molecule has 1 aliphatic carbocycles. The lowest BCUT2D eigenvalue weighted by molar-refractivity contribution is -0.385. The normalized spacial score (nSPS) is 15.4. The number of nitrogens with one attached hydrogen (secondary N) is 1. The minimum absolute atomic E-state index is 0.000000736. The van der Waals surface area contributed by atoms with Crippen LogP contribution in [-0.2, 0) is 12.7 Å². The van der Waals surface area contributed by atoms with E-state index < -0.39 is 22.7 Å². The second kappa shape index (κ2) is 8.37. The highest BCUT2D eigenvalue weighted by Crippen LogP contribution is 2.43. The smallest absolute Gasteiger partial charge is 0.302 e. The van der Waals surface area contributed by atoms with Gasteiger partial charge in [-0.1, -0.05) is 48.0 Å². The Bertz CT molecular complexity index is 1240. The fourth-order valence-corrected chi connectivity index (χ4v) is 4.12. The zero-order valence-corrected chi connectivity index (χ0v) is 17.5. The molecule has 5 nitrogen and oxygen atoms in total. The van der Waals surface area contributed by atoms with Gasteiger partial charge in [0.15, 0.2) is 0 Å². The van der Waals surface area contributed by atoms with Gasteiger partial charge in [-0.25, -0.2) is 0 Å². The van der Waals surface area contributed by atoms with Crippen molar-refractivity contribution in [3.63, 3.8) is 0 Å². The summed E-state index contributed by atoms with van der Waals surface area (Å²) in [5.74, 6) is 0. The minimum atomic E-state index is -4.55. The molecule has 2 aromatic carbocycles. The first-order valence-electron chi connectivity index (χ1n) is 9.66. The number of nitro groups is 1. The van der Waals surface area contributed by atoms with E-state index in [-0.39, 0.29) is 22.9 Å². The number of fused-ring (bicyclic) bond motifs is 1. The molecule has 3 aromatic rings. The summed E-state index contributed by atoms with van der Waals surface area (Å²) in [6, 6.07) is 12.7. The van der Waals surface area contributed by atoms with Gasteiger partial charge in [-0.2, -0.15) is 13.2 Å². The topological polar surface area (TPSA) is 68.1 Å². The molecule has 1 heterocycles. The molecule has 164 valence electrons. The third kappa shape index (κ3) is 4.11. The summed E-state index contributed by atoms with van der Waals surface area (Å²) in [7, 11) is 0. The number of rotatable bonds is 5. The molecule has 0 fully saturated rings. The molecule has 0 radical (unpaired) electrons. The lowest BCUT2D eigenvalue weighted by atomic mass is 9.99. The lowest BCUT2D eigenvalue weighted by Crippen LogP contribution is -2.22. The quantitative estimate of drug-likeness (QED) is 0.356. The van der Waals surface area contributed by atoms with E-state index in [1.54, 1.807) is 19.1 Å². The van der Waals surface area contributed by atoms with Crippen molar-refractivity contribution >= 4 is 28.9 Å². The number of nitro benzene ring substituents is 1. The standard InChI is InChI=1S/C23H17ClF3N3O2/c1-13-5-4-8-20(30(31)32)18(13)12-29-21-16-7-3-2-6-14(16)9-17(21)22-19(24)10-15(11-28-22)23(25,26)27/h2-11,21,29H,12H2,1H3. The number of hydrogen-bond donors (Lipinski definition) is 1. The highest BCUT2D eigenvalue weighted by molar-refractivity contribution is 6.32. The summed E-state index contributed by atoms with van der Waals surface area (Å²) in [6.07, 6.45) is -1.97. The maximum atomic E-state index is 13.0. The fraction of sp³-hybridized carbons (Fsp3) is 0.174. The number of halogens is 4. The van der Waals surface area contributed by atoms with Gasteiger partial charge in [-0.3, -0.25) is 15.1 Å². The molecular formula is C23H17ClF3N3O2. The maximum Gasteiger partial charge on any atom is 0.417 e. The Labute approximate surface area is 186 Å². The molecule has 4 rings (SSSR count). The molecule has 9 heteroatoms. The van der Waals surface area contributed by atoms with Crippen molar-refractivity contribution in [2.75, 3.05) is 0 Å². The van der Waals surface area contributed by atoms with E-state index in [2.05, 4.69) is 10.3 Å². The van der Waals surface area contributed by atoms with E-state index in [1.165, 1.54) is 6.07 Å². The van der Waals surface area contributed by atoms with E-state index in [4.69, 9.17) is 11.6 Å². The SMILES string of the molecule is Cc1cccc([N+](=O)[O-])c1CNC1C(c2ncc(C(F)(F)F)cc2Cl)=Cc2ccccc21. The van der Waals surface area contributed by atoms with E-state index in [0.717, 1.165) is 29.0 Å². The minimum Gasteiger partial charge on any atom is -0.302 e. The van der Waals surface area contributed by atoms with Crippen LogP contribution in [0, 0.1) is 17.0 Å². The number of alkyl halides is 3. The van der Waals surface area contributed by atoms with Crippen LogP contribution in [-0.4, -0.2) is 9.91 Å². The average molecular weight is 460 g/mol. The van der Waals surface area contributed by atoms with E-state index in [1.807, 2.05) is 30.3 Å². The molecule has 1 atom stereocenters. The highest BCUT2D eigenvalue weighted by atomic mass is 35.5. The predicted octanol–water partition coefficient (Wildman–Crippen LogP) is 6.36. The number of aryl methyl sites for hydroxylation is 1. The van der Waals surface area contributed by atoms with E-state index in [0.29, 0.717) is 11.1 Å². The first-order valence-corrected chi connectivity index (χ1v) is 10.0. The first kappa shape index (κ1) is 22.0. The van der Waals surface area contributed by atoms with Gasteiger partial charge < -0.3 is 5.32 Å². The van der Waals surface area contributed by atoms with Crippen molar-refractivity contribution < 1.29 is 18.1 Å². The second-order valence-corrected chi connectivity index (χ2v) is 7.83. The highest BCUT2D eigenvalue weighted by Gasteiger charge is 2.33. The monoisotopic (exact) mass is 459 g/mol. The Balaban J connectivity index is 1.71. The van der Waals surface area contributed by atoms with Crippen molar-refractivity contribution in [2.24, 2.45) is 0 Å². The van der Waals surface area contributed by atoms with Crippen LogP contribution in [0.4, 0.5) is 18.9 Å². The largest absolute Gasteiger partial charge is 0.417 e. The zero-order chi connectivity index (χ0) is 23.0. The Hall–Kier alpha value is -3.23. The Morgan fingerprint density at radius 2 is 1.94 bits per heavy atom. The predicted molar refractivity (Wildman–Crippen MR) is 116 cm³/mol. The number of nitrogens with zero attached hydrogens (tertiary/aromatic N) is 2. The lowest BCUT2D eigenvalue weighted by Gasteiger charge is -2.20. The average Bonchev–Trinajstić information content (AvgIpc) is 3.10. The third-order valence-electron chi connectivity index (χ3n) is 5.44. The van der Waals surface area contributed by atoms with Gasteiger partial charge in [-0.15, -0.1) is 0 Å².